The molecule has 0 amide bonds. The standard InChI is InChI=1S/C18H13F5O3/c1-25-15-4-2-3-12(16(15)26-17(19)20)7-10-14(24)11-5-8-13(9-6-11)18(21,22)23/h2-10,17H,1H3. The van der Waals surface area contributed by atoms with Gasteiger partial charge in [-0.1, -0.05) is 24.3 Å². The number of para-hydroxylation sites is 1. The van der Waals surface area contributed by atoms with Crippen molar-refractivity contribution < 1.29 is 36.2 Å². The predicted octanol–water partition coefficient (Wildman–Crippen LogP) is 5.21. The van der Waals surface area contributed by atoms with Crippen LogP contribution in [0, 0.1) is 0 Å². The Morgan fingerprint density at radius 3 is 2.27 bits per heavy atom. The van der Waals surface area contributed by atoms with Crippen LogP contribution in [0.4, 0.5) is 22.0 Å². The van der Waals surface area contributed by atoms with Gasteiger partial charge in [-0.2, -0.15) is 22.0 Å². The molecular formula is C18H13F5O3. The van der Waals surface area contributed by atoms with Gasteiger partial charge in [-0.15, -0.1) is 0 Å². The zero-order chi connectivity index (χ0) is 19.3. The fraction of sp³-hybridized carbons (Fsp3) is 0.167. The largest absolute Gasteiger partial charge is 0.493 e. The van der Waals surface area contributed by atoms with Crippen molar-refractivity contribution in [2.24, 2.45) is 0 Å². The summed E-state index contributed by atoms with van der Waals surface area (Å²) in [6, 6.07) is 8.01. The molecule has 138 valence electrons. The van der Waals surface area contributed by atoms with Crippen LogP contribution in [0.2, 0.25) is 0 Å². The first-order valence-electron chi connectivity index (χ1n) is 7.24. The van der Waals surface area contributed by atoms with Crippen LogP contribution in [0.15, 0.2) is 48.5 Å². The SMILES string of the molecule is COc1cccc(C=CC(=O)c2ccc(C(F)(F)F)cc2)c1OC(F)F. The molecule has 0 saturated heterocycles. The highest BCUT2D eigenvalue weighted by Gasteiger charge is 2.30. The van der Waals surface area contributed by atoms with Crippen LogP contribution in [0.3, 0.4) is 0 Å². The van der Waals surface area contributed by atoms with Crippen molar-refractivity contribution >= 4 is 11.9 Å². The summed E-state index contributed by atoms with van der Waals surface area (Å²) in [6.45, 7) is -3.09. The first kappa shape index (κ1) is 19.4. The molecule has 2 rings (SSSR count). The van der Waals surface area contributed by atoms with Gasteiger partial charge in [-0.05, 0) is 30.4 Å². The van der Waals surface area contributed by atoms with E-state index in [2.05, 4.69) is 4.74 Å². The van der Waals surface area contributed by atoms with Crippen LogP contribution in [-0.2, 0) is 6.18 Å². The Bertz CT molecular complexity index is 795. The Morgan fingerprint density at radius 2 is 1.73 bits per heavy atom. The number of alkyl halides is 5. The summed E-state index contributed by atoms with van der Waals surface area (Å²) >= 11 is 0. The van der Waals surface area contributed by atoms with E-state index in [0.717, 1.165) is 30.3 Å². The fourth-order valence-corrected chi connectivity index (χ4v) is 2.13. The first-order chi connectivity index (χ1) is 12.2. The van der Waals surface area contributed by atoms with Crippen LogP contribution < -0.4 is 9.47 Å². The smallest absolute Gasteiger partial charge is 0.416 e. The number of halogens is 5. The van der Waals surface area contributed by atoms with Crippen molar-refractivity contribution in [3.8, 4) is 11.5 Å². The van der Waals surface area contributed by atoms with Gasteiger partial charge in [-0.3, -0.25) is 4.79 Å². The van der Waals surface area contributed by atoms with Crippen molar-refractivity contribution in [2.75, 3.05) is 7.11 Å². The van der Waals surface area contributed by atoms with E-state index < -0.39 is 24.1 Å². The zero-order valence-electron chi connectivity index (χ0n) is 13.4. The molecule has 0 aliphatic rings. The predicted molar refractivity (Wildman–Crippen MR) is 84.4 cm³/mol. The van der Waals surface area contributed by atoms with E-state index in [1.165, 1.54) is 31.4 Å². The van der Waals surface area contributed by atoms with Gasteiger partial charge in [-0.25, -0.2) is 0 Å². The molecule has 0 saturated carbocycles. The van der Waals surface area contributed by atoms with Crippen LogP contribution in [-0.4, -0.2) is 19.5 Å². The second kappa shape index (κ2) is 7.99. The molecule has 0 N–H and O–H groups in total. The number of benzene rings is 2. The number of rotatable bonds is 6. The lowest BCUT2D eigenvalue weighted by molar-refractivity contribution is -0.137. The molecule has 2 aromatic rings. The molecule has 0 aliphatic heterocycles. The second-order valence-electron chi connectivity index (χ2n) is 5.03. The van der Waals surface area contributed by atoms with Gasteiger partial charge in [0.25, 0.3) is 0 Å². The van der Waals surface area contributed by atoms with Crippen LogP contribution >= 0.6 is 0 Å². The molecule has 0 aliphatic carbocycles. The Morgan fingerprint density at radius 1 is 1.08 bits per heavy atom. The summed E-state index contributed by atoms with van der Waals surface area (Å²) in [6.07, 6.45) is -2.23. The van der Waals surface area contributed by atoms with Gasteiger partial charge in [0.15, 0.2) is 17.3 Å². The lowest BCUT2D eigenvalue weighted by atomic mass is 10.1. The van der Waals surface area contributed by atoms with Crippen molar-refractivity contribution in [2.45, 2.75) is 12.8 Å². The molecule has 8 heteroatoms. The third-order valence-electron chi connectivity index (χ3n) is 3.35. The molecule has 3 nitrogen and oxygen atoms in total. The third-order valence-corrected chi connectivity index (χ3v) is 3.35. The van der Waals surface area contributed by atoms with E-state index in [-0.39, 0.29) is 22.6 Å². The van der Waals surface area contributed by atoms with E-state index in [4.69, 9.17) is 4.74 Å². The van der Waals surface area contributed by atoms with Crippen LogP contribution in [0.25, 0.3) is 6.08 Å². The highest BCUT2D eigenvalue weighted by atomic mass is 19.4. The molecule has 0 fully saturated rings. The fourth-order valence-electron chi connectivity index (χ4n) is 2.13. The molecule has 2 aromatic carbocycles. The highest BCUT2D eigenvalue weighted by molar-refractivity contribution is 6.07. The lowest BCUT2D eigenvalue weighted by Crippen LogP contribution is -2.05. The summed E-state index contributed by atoms with van der Waals surface area (Å²) in [7, 11) is 1.27. The molecular weight excluding hydrogens is 359 g/mol. The van der Waals surface area contributed by atoms with Gasteiger partial charge >= 0.3 is 12.8 Å². The molecule has 0 unspecified atom stereocenters. The summed E-state index contributed by atoms with van der Waals surface area (Å²) in [5.41, 5.74) is -0.697. The quantitative estimate of drug-likeness (QED) is 0.397. The van der Waals surface area contributed by atoms with Crippen molar-refractivity contribution in [3.63, 3.8) is 0 Å². The number of ketones is 1. The Balaban J connectivity index is 2.25. The number of hydrogen-bond acceptors (Lipinski definition) is 3. The minimum atomic E-state index is -4.50. The summed E-state index contributed by atoms with van der Waals surface area (Å²) in [5.74, 6) is -0.791. The van der Waals surface area contributed by atoms with Crippen molar-refractivity contribution in [3.05, 3.63) is 65.2 Å². The monoisotopic (exact) mass is 372 g/mol. The number of methoxy groups -OCH3 is 1. The number of hydrogen-bond donors (Lipinski definition) is 0. The van der Waals surface area contributed by atoms with Gasteiger partial charge in [0.1, 0.15) is 0 Å². The molecule has 0 radical (unpaired) electrons. The van der Waals surface area contributed by atoms with E-state index in [1.54, 1.807) is 0 Å². The van der Waals surface area contributed by atoms with Gasteiger partial charge < -0.3 is 9.47 Å². The zero-order valence-corrected chi connectivity index (χ0v) is 13.4. The van der Waals surface area contributed by atoms with Crippen LogP contribution in [0.1, 0.15) is 21.5 Å². The lowest BCUT2D eigenvalue weighted by Gasteiger charge is -2.12. The van der Waals surface area contributed by atoms with Gasteiger partial charge in [0.2, 0.25) is 0 Å². The van der Waals surface area contributed by atoms with Gasteiger partial charge in [0.05, 0.1) is 12.7 Å². The summed E-state index contributed by atoms with van der Waals surface area (Å²) < 4.78 is 72.0. The van der Waals surface area contributed by atoms with E-state index in [1.807, 2.05) is 0 Å². The maximum Gasteiger partial charge on any atom is 0.416 e. The summed E-state index contributed by atoms with van der Waals surface area (Å²) in [5, 5.41) is 0. The minimum Gasteiger partial charge on any atom is -0.493 e. The minimum absolute atomic E-state index is 0.0217. The average Bonchev–Trinajstić information content (AvgIpc) is 2.59. The molecule has 26 heavy (non-hydrogen) atoms. The second-order valence-corrected chi connectivity index (χ2v) is 5.03. The number of carbonyl (C=O) groups excluding carboxylic acids is 1. The van der Waals surface area contributed by atoms with Crippen molar-refractivity contribution in [1.29, 1.82) is 0 Å². The Kier molecular flexibility index (Phi) is 5.97. The number of ether oxygens (including phenoxy) is 2. The first-order valence-corrected chi connectivity index (χ1v) is 7.24. The summed E-state index contributed by atoms with van der Waals surface area (Å²) in [4.78, 5) is 12.1. The molecule has 0 bridgehead atoms. The average molecular weight is 372 g/mol. The van der Waals surface area contributed by atoms with E-state index >= 15 is 0 Å². The molecule has 0 aromatic heterocycles. The maximum atomic E-state index is 12.6. The van der Waals surface area contributed by atoms with Crippen LogP contribution in [0.5, 0.6) is 11.5 Å². The molecule has 0 spiro atoms. The number of allylic oxidation sites excluding steroid dienone is 1. The highest BCUT2D eigenvalue weighted by Crippen LogP contribution is 2.33. The molecule has 0 heterocycles. The number of carbonyl (C=O) groups is 1. The van der Waals surface area contributed by atoms with E-state index in [9.17, 15) is 26.7 Å². The Hall–Kier alpha value is -2.90. The van der Waals surface area contributed by atoms with Crippen molar-refractivity contribution in [1.82, 2.24) is 0 Å². The van der Waals surface area contributed by atoms with E-state index in [0.29, 0.717) is 0 Å². The molecule has 0 atom stereocenters. The topological polar surface area (TPSA) is 35.5 Å². The maximum absolute atomic E-state index is 12.6. The normalized spacial score (nSPS) is 11.8. The van der Waals surface area contributed by atoms with Gasteiger partial charge in [0, 0.05) is 11.1 Å². The third kappa shape index (κ3) is 4.81. The Labute approximate surface area is 145 Å².